The monoisotopic (exact) mass is 169 g/mol. The van der Waals surface area contributed by atoms with Crippen LogP contribution in [0.5, 0.6) is 0 Å². The van der Waals surface area contributed by atoms with Crippen molar-refractivity contribution in [2.24, 2.45) is 0 Å². The molecule has 1 rings (SSSR count). The van der Waals surface area contributed by atoms with Crippen LogP contribution in [-0.4, -0.2) is 10.1 Å². The molecule has 0 amide bonds. The third-order valence-corrected chi connectivity index (χ3v) is 1.86. The summed E-state index contributed by atoms with van der Waals surface area (Å²) in [6, 6.07) is 1.84. The second-order valence-electron chi connectivity index (χ2n) is 2.61. The molecule has 3 heteroatoms. The number of rotatable bonds is 1. The Kier molecular flexibility index (Phi) is 2.42. The number of nitrogens with one attached hydrogen (secondary N) is 1. The van der Waals surface area contributed by atoms with Gasteiger partial charge in [-0.2, -0.15) is 0 Å². The Morgan fingerprint density at radius 1 is 1.64 bits per heavy atom. The molecule has 0 fully saturated rings. The van der Waals surface area contributed by atoms with E-state index in [-0.39, 0.29) is 0 Å². The predicted octanol–water partition coefficient (Wildman–Crippen LogP) is 2.11. The maximum Gasteiger partial charge on any atom is 0.103 e. The van der Waals surface area contributed by atoms with Crippen molar-refractivity contribution in [3.63, 3.8) is 0 Å². The number of H-pyrrole nitrogens is 1. The SMILES string of the molecule is Cc1cc(=S)[nH]cc1[C@@H](C)O. The fraction of sp³-hybridized carbons (Fsp3) is 0.375. The van der Waals surface area contributed by atoms with E-state index in [1.807, 2.05) is 13.0 Å². The van der Waals surface area contributed by atoms with Gasteiger partial charge in [-0.05, 0) is 31.0 Å². The Balaban J connectivity index is 3.20. The van der Waals surface area contributed by atoms with E-state index < -0.39 is 6.10 Å². The number of aliphatic hydroxyl groups is 1. The minimum Gasteiger partial charge on any atom is -0.389 e. The van der Waals surface area contributed by atoms with Crippen molar-refractivity contribution in [2.75, 3.05) is 0 Å². The number of aliphatic hydroxyl groups excluding tert-OH is 1. The maximum atomic E-state index is 9.24. The molecule has 60 valence electrons. The first-order valence-corrected chi connectivity index (χ1v) is 3.89. The third kappa shape index (κ3) is 1.88. The first-order chi connectivity index (χ1) is 5.11. The number of pyridine rings is 1. The molecule has 0 saturated heterocycles. The van der Waals surface area contributed by atoms with Crippen LogP contribution in [0.25, 0.3) is 0 Å². The Hall–Kier alpha value is -0.670. The van der Waals surface area contributed by atoms with Crippen molar-refractivity contribution in [1.82, 2.24) is 4.98 Å². The van der Waals surface area contributed by atoms with Gasteiger partial charge in [-0.1, -0.05) is 12.2 Å². The van der Waals surface area contributed by atoms with Gasteiger partial charge in [-0.25, -0.2) is 0 Å². The van der Waals surface area contributed by atoms with E-state index in [1.54, 1.807) is 13.1 Å². The van der Waals surface area contributed by atoms with E-state index in [4.69, 9.17) is 12.2 Å². The Bertz CT molecular complexity index is 303. The molecule has 2 nitrogen and oxygen atoms in total. The van der Waals surface area contributed by atoms with Crippen LogP contribution in [0.15, 0.2) is 12.3 Å². The van der Waals surface area contributed by atoms with Crippen LogP contribution < -0.4 is 0 Å². The van der Waals surface area contributed by atoms with Crippen molar-refractivity contribution in [1.29, 1.82) is 0 Å². The smallest absolute Gasteiger partial charge is 0.103 e. The van der Waals surface area contributed by atoms with Gasteiger partial charge in [-0.3, -0.25) is 0 Å². The first kappa shape index (κ1) is 8.43. The molecular weight excluding hydrogens is 158 g/mol. The summed E-state index contributed by atoms with van der Waals surface area (Å²) in [5.74, 6) is 0. The maximum absolute atomic E-state index is 9.24. The fourth-order valence-electron chi connectivity index (χ4n) is 1.03. The number of hydrogen-bond donors (Lipinski definition) is 2. The topological polar surface area (TPSA) is 36.0 Å². The lowest BCUT2D eigenvalue weighted by Crippen LogP contribution is -1.95. The van der Waals surface area contributed by atoms with E-state index in [0.717, 1.165) is 11.1 Å². The molecule has 1 atom stereocenters. The molecule has 0 aliphatic heterocycles. The highest BCUT2D eigenvalue weighted by Gasteiger charge is 2.02. The van der Waals surface area contributed by atoms with E-state index >= 15 is 0 Å². The molecule has 11 heavy (non-hydrogen) atoms. The van der Waals surface area contributed by atoms with Gasteiger partial charge >= 0.3 is 0 Å². The minimum atomic E-state index is -0.429. The molecule has 0 unspecified atom stereocenters. The van der Waals surface area contributed by atoms with Gasteiger partial charge in [0.05, 0.1) is 6.10 Å². The highest BCUT2D eigenvalue weighted by Crippen LogP contribution is 2.14. The van der Waals surface area contributed by atoms with Crippen molar-refractivity contribution in [3.05, 3.63) is 28.0 Å². The lowest BCUT2D eigenvalue weighted by atomic mass is 10.1. The summed E-state index contributed by atoms with van der Waals surface area (Å²) in [6.45, 7) is 3.67. The van der Waals surface area contributed by atoms with Gasteiger partial charge in [0, 0.05) is 6.20 Å². The van der Waals surface area contributed by atoms with Crippen LogP contribution in [0.2, 0.25) is 0 Å². The Morgan fingerprint density at radius 2 is 2.27 bits per heavy atom. The average molecular weight is 169 g/mol. The summed E-state index contributed by atoms with van der Waals surface area (Å²) in [5, 5.41) is 9.24. The van der Waals surface area contributed by atoms with E-state index in [2.05, 4.69) is 4.98 Å². The van der Waals surface area contributed by atoms with Gasteiger partial charge < -0.3 is 10.1 Å². The quantitative estimate of drug-likeness (QED) is 0.632. The zero-order valence-corrected chi connectivity index (χ0v) is 7.40. The van der Waals surface area contributed by atoms with Crippen LogP contribution in [-0.2, 0) is 0 Å². The highest BCUT2D eigenvalue weighted by atomic mass is 32.1. The van der Waals surface area contributed by atoms with Gasteiger partial charge in [0.15, 0.2) is 0 Å². The molecule has 0 spiro atoms. The molecule has 0 aliphatic rings. The number of hydrogen-bond acceptors (Lipinski definition) is 2. The van der Waals surface area contributed by atoms with E-state index in [1.165, 1.54) is 0 Å². The standard InChI is InChI=1S/C8H11NOS/c1-5-3-8(11)9-4-7(5)6(2)10/h3-4,6,10H,1-2H3,(H,9,11)/t6-/m1/s1. The Morgan fingerprint density at radius 3 is 2.73 bits per heavy atom. The second-order valence-corrected chi connectivity index (χ2v) is 3.05. The zero-order valence-electron chi connectivity index (χ0n) is 6.59. The van der Waals surface area contributed by atoms with Gasteiger partial charge in [0.2, 0.25) is 0 Å². The van der Waals surface area contributed by atoms with E-state index in [0.29, 0.717) is 4.64 Å². The second kappa shape index (κ2) is 3.15. The molecule has 0 aromatic carbocycles. The van der Waals surface area contributed by atoms with Gasteiger partial charge in [0.1, 0.15) is 4.64 Å². The number of aromatic amines is 1. The van der Waals surface area contributed by atoms with Crippen molar-refractivity contribution in [3.8, 4) is 0 Å². The van der Waals surface area contributed by atoms with Crippen molar-refractivity contribution >= 4 is 12.2 Å². The number of aryl methyl sites for hydroxylation is 1. The van der Waals surface area contributed by atoms with Crippen LogP contribution >= 0.6 is 12.2 Å². The largest absolute Gasteiger partial charge is 0.389 e. The summed E-state index contributed by atoms with van der Waals surface area (Å²) in [5.41, 5.74) is 1.93. The van der Waals surface area contributed by atoms with Crippen LogP contribution in [0.4, 0.5) is 0 Å². The van der Waals surface area contributed by atoms with Crippen LogP contribution in [0.3, 0.4) is 0 Å². The molecule has 1 heterocycles. The van der Waals surface area contributed by atoms with E-state index in [9.17, 15) is 5.11 Å². The van der Waals surface area contributed by atoms with Crippen molar-refractivity contribution in [2.45, 2.75) is 20.0 Å². The molecule has 0 saturated carbocycles. The summed E-state index contributed by atoms with van der Waals surface area (Å²) in [7, 11) is 0. The minimum absolute atomic E-state index is 0.429. The summed E-state index contributed by atoms with van der Waals surface area (Å²) in [6.07, 6.45) is 1.32. The van der Waals surface area contributed by atoms with Gasteiger partial charge in [0.25, 0.3) is 0 Å². The first-order valence-electron chi connectivity index (χ1n) is 3.48. The average Bonchev–Trinajstić information content (AvgIpc) is 1.85. The van der Waals surface area contributed by atoms with Crippen LogP contribution in [0.1, 0.15) is 24.2 Å². The van der Waals surface area contributed by atoms with Gasteiger partial charge in [-0.15, -0.1) is 0 Å². The summed E-state index contributed by atoms with van der Waals surface area (Å²) in [4.78, 5) is 2.88. The molecule has 1 aromatic rings. The fourth-order valence-corrected chi connectivity index (χ4v) is 1.27. The third-order valence-electron chi connectivity index (χ3n) is 1.62. The predicted molar refractivity (Wildman–Crippen MR) is 47.0 cm³/mol. The lowest BCUT2D eigenvalue weighted by molar-refractivity contribution is 0.198. The molecule has 0 radical (unpaired) electrons. The van der Waals surface area contributed by atoms with Crippen LogP contribution in [0, 0.1) is 11.6 Å². The number of aromatic nitrogens is 1. The zero-order chi connectivity index (χ0) is 8.43. The van der Waals surface area contributed by atoms with Crippen molar-refractivity contribution < 1.29 is 5.11 Å². The molecule has 0 aliphatic carbocycles. The molecular formula is C8H11NOS. The Labute approximate surface area is 70.9 Å². The highest BCUT2D eigenvalue weighted by molar-refractivity contribution is 7.71. The summed E-state index contributed by atoms with van der Waals surface area (Å²) < 4.78 is 0.701. The summed E-state index contributed by atoms with van der Waals surface area (Å²) >= 11 is 4.91. The lowest BCUT2D eigenvalue weighted by Gasteiger charge is -2.06. The molecule has 2 N–H and O–H groups in total. The normalized spacial score (nSPS) is 13.0. The molecule has 0 bridgehead atoms. The molecule has 1 aromatic heterocycles.